The lowest BCUT2D eigenvalue weighted by molar-refractivity contribution is 0.152. The summed E-state index contributed by atoms with van der Waals surface area (Å²) in [5.74, 6) is 0.891. The molecule has 2 rings (SSSR count). The van der Waals surface area contributed by atoms with Gasteiger partial charge in [-0.2, -0.15) is 0 Å². The molecule has 0 heterocycles. The van der Waals surface area contributed by atoms with Gasteiger partial charge in [0.2, 0.25) is 0 Å². The van der Waals surface area contributed by atoms with Crippen LogP contribution in [0, 0.1) is 0 Å². The lowest BCUT2D eigenvalue weighted by Gasteiger charge is -2.15. The van der Waals surface area contributed by atoms with Gasteiger partial charge in [0.15, 0.2) is 5.96 Å². The molecule has 0 bridgehead atoms. The lowest BCUT2D eigenvalue weighted by atomic mass is 10.4. The zero-order valence-electron chi connectivity index (χ0n) is 13.6. The van der Waals surface area contributed by atoms with Crippen LogP contribution >= 0.6 is 11.8 Å². The van der Waals surface area contributed by atoms with Gasteiger partial charge in [-0.3, -0.25) is 4.99 Å². The number of hydrogen-bond acceptors (Lipinski definition) is 3. The fourth-order valence-corrected chi connectivity index (χ4v) is 3.35. The Morgan fingerprint density at radius 1 is 1.23 bits per heavy atom. The minimum absolute atomic E-state index is 0.295. The molecule has 1 aliphatic rings. The molecule has 22 heavy (non-hydrogen) atoms. The van der Waals surface area contributed by atoms with E-state index in [1.54, 1.807) is 0 Å². The second-order valence-electron chi connectivity index (χ2n) is 5.42. The van der Waals surface area contributed by atoms with Crippen molar-refractivity contribution in [3.8, 4) is 0 Å². The van der Waals surface area contributed by atoms with Crippen LogP contribution in [-0.2, 0) is 4.74 Å². The summed E-state index contributed by atoms with van der Waals surface area (Å²) in [4.78, 5) is 6.10. The first-order valence-electron chi connectivity index (χ1n) is 8.12. The molecule has 0 atom stereocenters. The number of nitrogens with one attached hydrogen (secondary N) is 2. The van der Waals surface area contributed by atoms with E-state index in [9.17, 15) is 0 Å². The number of rotatable bonds is 9. The van der Waals surface area contributed by atoms with Crippen molar-refractivity contribution in [2.24, 2.45) is 4.99 Å². The van der Waals surface area contributed by atoms with Crippen molar-refractivity contribution in [3.05, 3.63) is 30.3 Å². The predicted octanol–water partition coefficient (Wildman–Crippen LogP) is 2.90. The molecule has 4 nitrogen and oxygen atoms in total. The molecule has 1 aromatic carbocycles. The number of guanidine groups is 1. The Balaban J connectivity index is 1.83. The molecule has 0 radical (unpaired) electrons. The van der Waals surface area contributed by atoms with Gasteiger partial charge in [-0.1, -0.05) is 18.2 Å². The molecule has 1 fully saturated rings. The van der Waals surface area contributed by atoms with Crippen LogP contribution in [0.1, 0.15) is 26.7 Å². The van der Waals surface area contributed by atoms with Gasteiger partial charge in [-0.15, -0.1) is 11.8 Å². The summed E-state index contributed by atoms with van der Waals surface area (Å²) >= 11 is 1.96. The zero-order valence-corrected chi connectivity index (χ0v) is 14.4. The predicted molar refractivity (Wildman–Crippen MR) is 94.7 cm³/mol. The van der Waals surface area contributed by atoms with E-state index in [1.807, 2.05) is 18.7 Å². The molecule has 1 saturated carbocycles. The van der Waals surface area contributed by atoms with Crippen LogP contribution in [0.2, 0.25) is 0 Å². The summed E-state index contributed by atoms with van der Waals surface area (Å²) < 4.78 is 5.64. The number of ether oxygens (including phenoxy) is 1. The first-order chi connectivity index (χ1) is 10.8. The van der Waals surface area contributed by atoms with Crippen molar-refractivity contribution in [2.75, 3.05) is 32.8 Å². The molecule has 2 N–H and O–H groups in total. The summed E-state index contributed by atoms with van der Waals surface area (Å²) in [5, 5.41) is 6.62. The standard InChI is InChI=1S/C17H27N3OS/c1-3-18-16(19-12-13-21-4-2)20-14-17(10-11-17)22-15-8-6-5-7-9-15/h5-9H,3-4,10-14H2,1-2H3,(H2,18,19,20). The van der Waals surface area contributed by atoms with E-state index in [4.69, 9.17) is 9.73 Å². The highest BCUT2D eigenvalue weighted by atomic mass is 32.2. The maximum Gasteiger partial charge on any atom is 0.191 e. The molecule has 0 saturated heterocycles. The lowest BCUT2D eigenvalue weighted by Crippen LogP contribution is -2.39. The highest BCUT2D eigenvalue weighted by molar-refractivity contribution is 8.01. The second kappa shape index (κ2) is 9.06. The van der Waals surface area contributed by atoms with E-state index in [2.05, 4.69) is 47.9 Å². The van der Waals surface area contributed by atoms with Crippen LogP contribution < -0.4 is 10.6 Å². The third kappa shape index (κ3) is 5.89. The van der Waals surface area contributed by atoms with Gasteiger partial charge >= 0.3 is 0 Å². The third-order valence-corrected chi connectivity index (χ3v) is 4.98. The molecule has 0 unspecified atom stereocenters. The smallest absolute Gasteiger partial charge is 0.191 e. The molecule has 122 valence electrons. The van der Waals surface area contributed by atoms with Crippen molar-refractivity contribution in [3.63, 3.8) is 0 Å². The van der Waals surface area contributed by atoms with Crippen molar-refractivity contribution in [2.45, 2.75) is 36.3 Å². The molecule has 1 aromatic rings. The molecular weight excluding hydrogens is 294 g/mol. The molecular formula is C17H27N3OS. The average Bonchev–Trinajstić information content (AvgIpc) is 3.30. The van der Waals surface area contributed by atoms with Crippen molar-refractivity contribution < 1.29 is 4.74 Å². The number of nitrogens with zero attached hydrogens (tertiary/aromatic N) is 1. The molecule has 1 aliphatic carbocycles. The van der Waals surface area contributed by atoms with Crippen LogP contribution in [0.25, 0.3) is 0 Å². The molecule has 0 aromatic heterocycles. The normalized spacial score (nSPS) is 16.4. The van der Waals surface area contributed by atoms with Gasteiger partial charge in [0.1, 0.15) is 0 Å². The van der Waals surface area contributed by atoms with Gasteiger partial charge in [0, 0.05) is 29.3 Å². The van der Waals surface area contributed by atoms with Crippen molar-refractivity contribution in [1.82, 2.24) is 10.6 Å². The highest BCUT2D eigenvalue weighted by Crippen LogP contribution is 2.51. The van der Waals surface area contributed by atoms with Gasteiger partial charge in [-0.05, 0) is 38.8 Å². The minimum Gasteiger partial charge on any atom is -0.380 e. The van der Waals surface area contributed by atoms with Gasteiger partial charge in [-0.25, -0.2) is 0 Å². The third-order valence-electron chi connectivity index (χ3n) is 3.50. The highest BCUT2D eigenvalue weighted by Gasteiger charge is 2.43. The Kier molecular flexibility index (Phi) is 7.06. The van der Waals surface area contributed by atoms with Gasteiger partial charge in [0.05, 0.1) is 13.2 Å². The van der Waals surface area contributed by atoms with Crippen LogP contribution in [0.15, 0.2) is 40.2 Å². The Labute approximate surface area is 138 Å². The fraction of sp³-hybridized carbons (Fsp3) is 0.588. The van der Waals surface area contributed by atoms with Crippen LogP contribution in [0.3, 0.4) is 0 Å². The van der Waals surface area contributed by atoms with Crippen LogP contribution in [0.5, 0.6) is 0 Å². The quantitative estimate of drug-likeness (QED) is 0.417. The number of benzene rings is 1. The summed E-state index contributed by atoms with van der Waals surface area (Å²) in [6.07, 6.45) is 2.49. The van der Waals surface area contributed by atoms with Crippen molar-refractivity contribution in [1.29, 1.82) is 0 Å². The van der Waals surface area contributed by atoms with E-state index >= 15 is 0 Å². The maximum atomic E-state index is 5.35. The number of hydrogen-bond donors (Lipinski definition) is 2. The van der Waals surface area contributed by atoms with Crippen LogP contribution in [0.4, 0.5) is 0 Å². The van der Waals surface area contributed by atoms with Crippen molar-refractivity contribution >= 4 is 17.7 Å². The van der Waals surface area contributed by atoms with E-state index in [-0.39, 0.29) is 0 Å². The maximum absolute atomic E-state index is 5.35. The zero-order chi connectivity index (χ0) is 15.7. The largest absolute Gasteiger partial charge is 0.380 e. The first kappa shape index (κ1) is 17.2. The number of thioether (sulfide) groups is 1. The molecule has 5 heteroatoms. The molecule has 0 aliphatic heterocycles. The Morgan fingerprint density at radius 2 is 2.00 bits per heavy atom. The Bertz CT molecular complexity index is 460. The summed E-state index contributed by atoms with van der Waals surface area (Å²) in [5.41, 5.74) is 0. The fourth-order valence-electron chi connectivity index (χ4n) is 2.12. The topological polar surface area (TPSA) is 45.7 Å². The second-order valence-corrected chi connectivity index (χ2v) is 6.96. The van der Waals surface area contributed by atoms with E-state index in [0.717, 1.165) is 32.2 Å². The SMILES string of the molecule is CCNC(=NCC1(Sc2ccccc2)CC1)NCCOCC. The molecule has 0 amide bonds. The van der Waals surface area contributed by atoms with E-state index in [1.165, 1.54) is 17.7 Å². The van der Waals surface area contributed by atoms with Gasteiger partial charge < -0.3 is 15.4 Å². The minimum atomic E-state index is 0.295. The van der Waals surface area contributed by atoms with Gasteiger partial charge in [0.25, 0.3) is 0 Å². The monoisotopic (exact) mass is 321 g/mol. The summed E-state index contributed by atoms with van der Waals surface area (Å²) in [7, 11) is 0. The molecule has 0 spiro atoms. The summed E-state index contributed by atoms with van der Waals surface area (Å²) in [6, 6.07) is 10.6. The van der Waals surface area contributed by atoms with E-state index < -0.39 is 0 Å². The Hall–Kier alpha value is -1.20. The first-order valence-corrected chi connectivity index (χ1v) is 8.93. The number of aliphatic imine (C=N–C) groups is 1. The average molecular weight is 321 g/mol. The Morgan fingerprint density at radius 3 is 2.64 bits per heavy atom. The summed E-state index contributed by atoms with van der Waals surface area (Å²) in [6.45, 7) is 8.09. The van der Waals surface area contributed by atoms with Crippen LogP contribution in [-0.4, -0.2) is 43.6 Å². The van der Waals surface area contributed by atoms with E-state index in [0.29, 0.717) is 11.4 Å².